The molecule has 0 unspecified atom stereocenters. The van der Waals surface area contributed by atoms with E-state index in [1.807, 2.05) is 6.92 Å². The fraction of sp³-hybridized carbons (Fsp3) is 0.867. The fourth-order valence-electron chi connectivity index (χ4n) is 4.25. The molecule has 0 amide bonds. The molecule has 2 fully saturated rings. The van der Waals surface area contributed by atoms with Crippen LogP contribution in [0.3, 0.4) is 0 Å². The Kier molecular flexibility index (Phi) is 2.95. The number of carbonyl (C=O) groups is 2. The second-order valence-corrected chi connectivity index (χ2v) is 6.70. The fourth-order valence-corrected chi connectivity index (χ4v) is 4.25. The van der Waals surface area contributed by atoms with Gasteiger partial charge in [-0.1, -0.05) is 27.7 Å². The van der Waals surface area contributed by atoms with Crippen molar-refractivity contribution in [2.75, 3.05) is 0 Å². The lowest BCUT2D eigenvalue weighted by atomic mass is 9.68. The van der Waals surface area contributed by atoms with Gasteiger partial charge < -0.3 is 0 Å². The molecular weight excluding hydrogens is 212 g/mol. The predicted molar refractivity (Wildman–Crippen MR) is 67.6 cm³/mol. The van der Waals surface area contributed by atoms with Gasteiger partial charge in [-0.25, -0.2) is 0 Å². The summed E-state index contributed by atoms with van der Waals surface area (Å²) >= 11 is 0. The van der Waals surface area contributed by atoms with Gasteiger partial charge in [0, 0.05) is 23.7 Å². The van der Waals surface area contributed by atoms with Crippen LogP contribution in [0, 0.1) is 22.7 Å². The molecule has 2 rings (SSSR count). The molecule has 0 aromatic rings. The average Bonchev–Trinajstić information content (AvgIpc) is 2.65. The highest BCUT2D eigenvalue weighted by Crippen LogP contribution is 2.62. The molecule has 2 aliphatic carbocycles. The van der Waals surface area contributed by atoms with Gasteiger partial charge in [-0.3, -0.25) is 9.59 Å². The lowest BCUT2D eigenvalue weighted by Gasteiger charge is -2.33. The van der Waals surface area contributed by atoms with Crippen LogP contribution in [0.15, 0.2) is 0 Å². The standard InChI is InChI=1S/C15H24O2/c1-5-12(16)9-15-10(2)6-7-11(15)8-14(3,4)13(15)17/h10-11H,5-9H2,1-4H3/t10-,11-,15-/m0/s1. The maximum absolute atomic E-state index is 12.7. The highest BCUT2D eigenvalue weighted by molar-refractivity contribution is 5.97. The maximum atomic E-state index is 12.7. The third-order valence-electron chi connectivity index (χ3n) is 5.23. The molecule has 96 valence electrons. The van der Waals surface area contributed by atoms with Crippen molar-refractivity contribution in [2.24, 2.45) is 22.7 Å². The van der Waals surface area contributed by atoms with E-state index in [1.165, 1.54) is 0 Å². The average molecular weight is 236 g/mol. The van der Waals surface area contributed by atoms with Crippen LogP contribution in [0.5, 0.6) is 0 Å². The Morgan fingerprint density at radius 3 is 2.59 bits per heavy atom. The minimum atomic E-state index is -0.309. The van der Waals surface area contributed by atoms with Crippen LogP contribution in [0.1, 0.15) is 59.8 Å². The van der Waals surface area contributed by atoms with E-state index in [0.717, 1.165) is 19.3 Å². The van der Waals surface area contributed by atoms with Crippen molar-refractivity contribution in [2.45, 2.75) is 59.8 Å². The summed E-state index contributed by atoms with van der Waals surface area (Å²) in [5.74, 6) is 1.46. The van der Waals surface area contributed by atoms with E-state index in [1.54, 1.807) is 0 Å². The molecule has 0 saturated heterocycles. The highest BCUT2D eigenvalue weighted by atomic mass is 16.1. The molecule has 3 atom stereocenters. The Labute approximate surface area is 104 Å². The van der Waals surface area contributed by atoms with Gasteiger partial charge in [0.25, 0.3) is 0 Å². The first-order valence-corrected chi connectivity index (χ1v) is 6.91. The zero-order valence-electron chi connectivity index (χ0n) is 11.5. The summed E-state index contributed by atoms with van der Waals surface area (Å²) in [6.45, 7) is 8.18. The minimum Gasteiger partial charge on any atom is -0.300 e. The van der Waals surface area contributed by atoms with Crippen molar-refractivity contribution in [3.8, 4) is 0 Å². The quantitative estimate of drug-likeness (QED) is 0.752. The second kappa shape index (κ2) is 3.93. The summed E-state index contributed by atoms with van der Waals surface area (Å²) in [6.07, 6.45) is 4.29. The smallest absolute Gasteiger partial charge is 0.145 e. The number of rotatable bonds is 3. The van der Waals surface area contributed by atoms with Crippen LogP contribution in [0.2, 0.25) is 0 Å². The van der Waals surface area contributed by atoms with E-state index in [2.05, 4.69) is 20.8 Å². The Morgan fingerprint density at radius 2 is 2.00 bits per heavy atom. The number of carbonyl (C=O) groups excluding carboxylic acids is 2. The molecule has 0 N–H and O–H groups in total. The van der Waals surface area contributed by atoms with E-state index >= 15 is 0 Å². The van der Waals surface area contributed by atoms with Crippen molar-refractivity contribution >= 4 is 11.6 Å². The maximum Gasteiger partial charge on any atom is 0.145 e. The van der Waals surface area contributed by atoms with E-state index in [4.69, 9.17) is 0 Å². The Morgan fingerprint density at radius 1 is 1.35 bits per heavy atom. The van der Waals surface area contributed by atoms with Crippen molar-refractivity contribution in [1.29, 1.82) is 0 Å². The van der Waals surface area contributed by atoms with Gasteiger partial charge in [0.2, 0.25) is 0 Å². The van der Waals surface area contributed by atoms with Crippen LogP contribution in [0.4, 0.5) is 0 Å². The van der Waals surface area contributed by atoms with E-state index < -0.39 is 0 Å². The normalized spacial score (nSPS) is 39.4. The minimum absolute atomic E-state index is 0.215. The van der Waals surface area contributed by atoms with Crippen LogP contribution in [-0.2, 0) is 9.59 Å². The predicted octanol–water partition coefficient (Wildman–Crippen LogP) is 3.39. The molecule has 0 aromatic heterocycles. The highest BCUT2D eigenvalue weighted by Gasteiger charge is 2.63. The molecule has 2 saturated carbocycles. The number of ketones is 2. The summed E-state index contributed by atoms with van der Waals surface area (Å²) < 4.78 is 0. The van der Waals surface area contributed by atoms with Crippen molar-refractivity contribution < 1.29 is 9.59 Å². The van der Waals surface area contributed by atoms with E-state index in [-0.39, 0.29) is 16.6 Å². The van der Waals surface area contributed by atoms with Crippen LogP contribution in [-0.4, -0.2) is 11.6 Å². The number of hydrogen-bond acceptors (Lipinski definition) is 2. The lowest BCUT2D eigenvalue weighted by molar-refractivity contribution is -0.139. The van der Waals surface area contributed by atoms with E-state index in [9.17, 15) is 9.59 Å². The third-order valence-corrected chi connectivity index (χ3v) is 5.23. The summed E-state index contributed by atoms with van der Waals surface area (Å²) in [7, 11) is 0. The summed E-state index contributed by atoms with van der Waals surface area (Å²) in [4.78, 5) is 24.6. The van der Waals surface area contributed by atoms with Crippen LogP contribution in [0.25, 0.3) is 0 Å². The van der Waals surface area contributed by atoms with Crippen molar-refractivity contribution in [1.82, 2.24) is 0 Å². The van der Waals surface area contributed by atoms with Gasteiger partial charge in [0.05, 0.1) is 0 Å². The van der Waals surface area contributed by atoms with Gasteiger partial charge >= 0.3 is 0 Å². The summed E-state index contributed by atoms with van der Waals surface area (Å²) in [5.41, 5.74) is -0.524. The first-order chi connectivity index (χ1) is 7.84. The van der Waals surface area contributed by atoms with Crippen LogP contribution >= 0.6 is 0 Å². The summed E-state index contributed by atoms with van der Waals surface area (Å²) in [5, 5.41) is 0. The SMILES string of the molecule is CCC(=O)C[C@@]12C(=O)C(C)(C)C[C@@H]1CC[C@@H]2C. The first-order valence-electron chi connectivity index (χ1n) is 6.91. The van der Waals surface area contributed by atoms with E-state index in [0.29, 0.717) is 30.5 Å². The molecule has 17 heavy (non-hydrogen) atoms. The molecule has 2 aliphatic rings. The zero-order chi connectivity index (χ0) is 12.8. The second-order valence-electron chi connectivity index (χ2n) is 6.70. The van der Waals surface area contributed by atoms with Crippen molar-refractivity contribution in [3.63, 3.8) is 0 Å². The lowest BCUT2D eigenvalue weighted by Crippen LogP contribution is -2.39. The molecule has 2 heteroatoms. The van der Waals surface area contributed by atoms with Crippen molar-refractivity contribution in [3.05, 3.63) is 0 Å². The largest absolute Gasteiger partial charge is 0.300 e. The topological polar surface area (TPSA) is 34.1 Å². The number of fused-ring (bicyclic) bond motifs is 1. The molecule has 0 radical (unpaired) electrons. The van der Waals surface area contributed by atoms with Crippen LogP contribution < -0.4 is 0 Å². The zero-order valence-corrected chi connectivity index (χ0v) is 11.5. The van der Waals surface area contributed by atoms with Gasteiger partial charge in [0.1, 0.15) is 11.6 Å². The van der Waals surface area contributed by atoms with Gasteiger partial charge in [-0.05, 0) is 31.1 Å². The Balaban J connectivity index is 2.37. The molecular formula is C15H24O2. The molecule has 0 bridgehead atoms. The molecule has 2 nitrogen and oxygen atoms in total. The van der Waals surface area contributed by atoms with Gasteiger partial charge in [-0.15, -0.1) is 0 Å². The van der Waals surface area contributed by atoms with Gasteiger partial charge in [-0.2, -0.15) is 0 Å². The molecule has 0 heterocycles. The monoisotopic (exact) mass is 236 g/mol. The first kappa shape index (κ1) is 12.8. The summed E-state index contributed by atoms with van der Waals surface area (Å²) in [6, 6.07) is 0. The molecule has 0 aliphatic heterocycles. The Hall–Kier alpha value is -0.660. The number of Topliss-reactive ketones (excluding diaryl/α,β-unsaturated/α-hetero) is 2. The molecule has 0 spiro atoms. The third kappa shape index (κ3) is 1.68. The molecule has 0 aromatic carbocycles. The van der Waals surface area contributed by atoms with Gasteiger partial charge in [0.15, 0.2) is 0 Å². The Bertz CT molecular complexity index is 356. The number of hydrogen-bond donors (Lipinski definition) is 0.